The summed E-state index contributed by atoms with van der Waals surface area (Å²) in [6, 6.07) is 2.01. The zero-order chi connectivity index (χ0) is 10.1. The van der Waals surface area contributed by atoms with Crippen molar-refractivity contribution in [2.45, 2.75) is 20.0 Å². The summed E-state index contributed by atoms with van der Waals surface area (Å²) in [5.41, 5.74) is 0.914. The van der Waals surface area contributed by atoms with Crippen molar-refractivity contribution in [3.05, 3.63) is 15.8 Å². The lowest BCUT2D eigenvalue weighted by Crippen LogP contribution is -2.04. The normalized spacial score (nSPS) is 11.1. The lowest BCUT2D eigenvalue weighted by atomic mass is 10.5. The number of rotatable bonds is 2. The van der Waals surface area contributed by atoms with Gasteiger partial charge in [-0.2, -0.15) is 0 Å². The number of hydrogen-bond acceptors (Lipinski definition) is 4. The molecule has 0 saturated carbocycles. The molecule has 0 aromatic carbocycles. The fourth-order valence-electron chi connectivity index (χ4n) is 1.03. The van der Waals surface area contributed by atoms with E-state index >= 15 is 0 Å². The number of pyridine rings is 1. The summed E-state index contributed by atoms with van der Waals surface area (Å²) in [6.45, 7) is 3.98. The standard InChI is InChI=1S/C9H9IN2OS/c1-5(2)13-9-12-7-3-6(10)4-11-8(7)14-9/h3-5H,1-2H3. The van der Waals surface area contributed by atoms with Gasteiger partial charge in [0.25, 0.3) is 5.19 Å². The van der Waals surface area contributed by atoms with E-state index in [0.717, 1.165) is 13.9 Å². The van der Waals surface area contributed by atoms with Crippen LogP contribution in [0.2, 0.25) is 0 Å². The summed E-state index contributed by atoms with van der Waals surface area (Å²) in [7, 11) is 0. The molecular formula is C9H9IN2OS. The first-order chi connectivity index (χ1) is 6.65. The maximum Gasteiger partial charge on any atom is 0.276 e. The molecular weight excluding hydrogens is 311 g/mol. The predicted molar refractivity (Wildman–Crippen MR) is 65.9 cm³/mol. The zero-order valence-corrected chi connectivity index (χ0v) is 10.8. The van der Waals surface area contributed by atoms with E-state index in [1.807, 2.05) is 26.1 Å². The van der Waals surface area contributed by atoms with Crippen LogP contribution in [0.25, 0.3) is 10.3 Å². The van der Waals surface area contributed by atoms with E-state index in [1.54, 1.807) is 0 Å². The van der Waals surface area contributed by atoms with Crippen LogP contribution in [0.3, 0.4) is 0 Å². The third-order valence-electron chi connectivity index (χ3n) is 1.53. The van der Waals surface area contributed by atoms with Crippen LogP contribution >= 0.6 is 33.9 Å². The second kappa shape index (κ2) is 3.98. The fourth-order valence-corrected chi connectivity index (χ4v) is 2.33. The molecule has 0 aliphatic carbocycles. The van der Waals surface area contributed by atoms with Crippen molar-refractivity contribution in [3.8, 4) is 5.19 Å². The van der Waals surface area contributed by atoms with E-state index in [2.05, 4.69) is 32.6 Å². The molecule has 3 nitrogen and oxygen atoms in total. The molecule has 0 aliphatic rings. The summed E-state index contributed by atoms with van der Waals surface area (Å²) in [5, 5.41) is 0.699. The van der Waals surface area contributed by atoms with Gasteiger partial charge in [-0.1, -0.05) is 11.3 Å². The smallest absolute Gasteiger partial charge is 0.276 e. The number of aromatic nitrogens is 2. The van der Waals surface area contributed by atoms with Gasteiger partial charge in [0.2, 0.25) is 0 Å². The van der Waals surface area contributed by atoms with Crippen molar-refractivity contribution in [1.82, 2.24) is 9.97 Å². The van der Waals surface area contributed by atoms with Gasteiger partial charge in [0.1, 0.15) is 10.3 Å². The van der Waals surface area contributed by atoms with Crippen LogP contribution in [0.1, 0.15) is 13.8 Å². The van der Waals surface area contributed by atoms with Crippen molar-refractivity contribution < 1.29 is 4.74 Å². The van der Waals surface area contributed by atoms with Crippen molar-refractivity contribution in [3.63, 3.8) is 0 Å². The second-order valence-electron chi connectivity index (χ2n) is 3.12. The number of hydrogen-bond donors (Lipinski definition) is 0. The van der Waals surface area contributed by atoms with Crippen LogP contribution in [0.5, 0.6) is 5.19 Å². The molecule has 0 amide bonds. The van der Waals surface area contributed by atoms with E-state index in [1.165, 1.54) is 11.3 Å². The van der Waals surface area contributed by atoms with Gasteiger partial charge in [-0.15, -0.1) is 0 Å². The predicted octanol–water partition coefficient (Wildman–Crippen LogP) is 3.08. The first-order valence-corrected chi connectivity index (χ1v) is 6.13. The van der Waals surface area contributed by atoms with Gasteiger partial charge < -0.3 is 4.74 Å². The minimum absolute atomic E-state index is 0.162. The van der Waals surface area contributed by atoms with Crippen LogP contribution in [0.15, 0.2) is 12.3 Å². The first-order valence-electron chi connectivity index (χ1n) is 4.24. The van der Waals surface area contributed by atoms with Gasteiger partial charge in [-0.05, 0) is 42.5 Å². The maximum absolute atomic E-state index is 5.50. The third kappa shape index (κ3) is 2.14. The molecule has 0 unspecified atom stereocenters. The third-order valence-corrected chi connectivity index (χ3v) is 2.99. The highest BCUT2D eigenvalue weighted by molar-refractivity contribution is 14.1. The summed E-state index contributed by atoms with van der Waals surface area (Å²) < 4.78 is 6.60. The second-order valence-corrected chi connectivity index (χ2v) is 5.31. The van der Waals surface area contributed by atoms with Gasteiger partial charge in [0.05, 0.1) is 6.10 Å². The molecule has 2 heterocycles. The maximum atomic E-state index is 5.50. The van der Waals surface area contributed by atoms with Crippen molar-refractivity contribution in [1.29, 1.82) is 0 Å². The van der Waals surface area contributed by atoms with Crippen LogP contribution in [-0.4, -0.2) is 16.1 Å². The van der Waals surface area contributed by atoms with Gasteiger partial charge >= 0.3 is 0 Å². The molecule has 0 bridgehead atoms. The summed E-state index contributed by atoms with van der Waals surface area (Å²) >= 11 is 3.71. The van der Waals surface area contributed by atoms with E-state index in [4.69, 9.17) is 4.74 Å². The van der Waals surface area contributed by atoms with E-state index in [0.29, 0.717) is 5.19 Å². The van der Waals surface area contributed by atoms with Crippen molar-refractivity contribution in [2.75, 3.05) is 0 Å². The molecule has 0 saturated heterocycles. The molecule has 0 aliphatic heterocycles. The fraction of sp³-hybridized carbons (Fsp3) is 0.333. The average molecular weight is 320 g/mol. The molecule has 2 rings (SSSR count). The summed E-state index contributed by atoms with van der Waals surface area (Å²) in [6.07, 6.45) is 2.00. The highest BCUT2D eigenvalue weighted by Gasteiger charge is 2.07. The average Bonchev–Trinajstić information content (AvgIpc) is 2.44. The minimum atomic E-state index is 0.162. The Balaban J connectivity index is 2.41. The number of ether oxygens (including phenoxy) is 1. The SMILES string of the molecule is CC(C)Oc1nc2cc(I)cnc2s1. The Kier molecular flexibility index (Phi) is 2.87. The molecule has 0 N–H and O–H groups in total. The van der Waals surface area contributed by atoms with Crippen LogP contribution < -0.4 is 4.74 Å². The molecule has 2 aromatic rings. The van der Waals surface area contributed by atoms with Gasteiger partial charge in [-0.25, -0.2) is 9.97 Å². The van der Waals surface area contributed by atoms with Crippen molar-refractivity contribution >= 4 is 44.3 Å². The molecule has 0 spiro atoms. The number of thiazole rings is 1. The number of fused-ring (bicyclic) bond motifs is 1. The summed E-state index contributed by atoms with van der Waals surface area (Å²) in [5.74, 6) is 0. The Bertz CT molecular complexity index is 455. The Morgan fingerprint density at radius 1 is 1.50 bits per heavy atom. The van der Waals surface area contributed by atoms with Gasteiger partial charge in [0, 0.05) is 9.77 Å². The molecule has 2 aromatic heterocycles. The highest BCUT2D eigenvalue weighted by Crippen LogP contribution is 2.27. The van der Waals surface area contributed by atoms with E-state index < -0.39 is 0 Å². The molecule has 14 heavy (non-hydrogen) atoms. The first kappa shape index (κ1) is 10.1. The quantitative estimate of drug-likeness (QED) is 0.798. The molecule has 5 heteroatoms. The molecule has 74 valence electrons. The molecule has 0 atom stereocenters. The summed E-state index contributed by atoms with van der Waals surface area (Å²) in [4.78, 5) is 9.55. The Morgan fingerprint density at radius 3 is 3.00 bits per heavy atom. The molecule has 0 radical (unpaired) electrons. The van der Waals surface area contributed by atoms with Crippen LogP contribution in [-0.2, 0) is 0 Å². The Labute approximate surface area is 99.7 Å². The number of halogens is 1. The van der Waals surface area contributed by atoms with Gasteiger partial charge in [0.15, 0.2) is 0 Å². The van der Waals surface area contributed by atoms with E-state index in [9.17, 15) is 0 Å². The lowest BCUT2D eigenvalue weighted by molar-refractivity contribution is 0.242. The Morgan fingerprint density at radius 2 is 2.29 bits per heavy atom. The monoisotopic (exact) mass is 320 g/mol. The largest absolute Gasteiger partial charge is 0.467 e. The van der Waals surface area contributed by atoms with Crippen LogP contribution in [0, 0.1) is 3.57 Å². The topological polar surface area (TPSA) is 35.0 Å². The molecule has 0 fully saturated rings. The zero-order valence-electron chi connectivity index (χ0n) is 7.82. The van der Waals surface area contributed by atoms with Crippen molar-refractivity contribution in [2.24, 2.45) is 0 Å². The minimum Gasteiger partial charge on any atom is -0.467 e. The van der Waals surface area contributed by atoms with Gasteiger partial charge in [-0.3, -0.25) is 0 Å². The van der Waals surface area contributed by atoms with Crippen LogP contribution in [0.4, 0.5) is 0 Å². The number of nitrogens with zero attached hydrogens (tertiary/aromatic N) is 2. The highest BCUT2D eigenvalue weighted by atomic mass is 127. The lowest BCUT2D eigenvalue weighted by Gasteiger charge is -2.03. The Hall–Kier alpha value is -0.430. The van der Waals surface area contributed by atoms with E-state index in [-0.39, 0.29) is 6.10 Å².